The molecule has 132 valence electrons. The number of benzene rings is 1. The van der Waals surface area contributed by atoms with Gasteiger partial charge in [-0.2, -0.15) is 5.10 Å². The van der Waals surface area contributed by atoms with Gasteiger partial charge in [0.1, 0.15) is 11.5 Å². The second-order valence-corrected chi connectivity index (χ2v) is 6.87. The van der Waals surface area contributed by atoms with E-state index in [9.17, 15) is 9.18 Å². The molecule has 1 saturated heterocycles. The number of hydrogen-bond donors (Lipinski definition) is 0. The first-order chi connectivity index (χ1) is 12.2. The van der Waals surface area contributed by atoms with Gasteiger partial charge in [-0.3, -0.25) is 9.48 Å². The van der Waals surface area contributed by atoms with Gasteiger partial charge in [-0.25, -0.2) is 4.39 Å². The van der Waals surface area contributed by atoms with E-state index in [1.807, 2.05) is 21.8 Å². The number of carbonyl (C=O) groups is 1. The van der Waals surface area contributed by atoms with Gasteiger partial charge in [0.05, 0.1) is 6.04 Å². The summed E-state index contributed by atoms with van der Waals surface area (Å²) in [7, 11) is 0. The zero-order chi connectivity index (χ0) is 17.2. The van der Waals surface area contributed by atoms with Gasteiger partial charge in [-0.1, -0.05) is 12.8 Å². The Morgan fingerprint density at radius 1 is 1.00 bits per heavy atom. The van der Waals surface area contributed by atoms with Crippen molar-refractivity contribution < 1.29 is 9.18 Å². The van der Waals surface area contributed by atoms with Crippen LogP contribution < -0.4 is 4.90 Å². The molecular formula is C19H23FN4O. The number of aromatic nitrogens is 2. The molecule has 2 heterocycles. The van der Waals surface area contributed by atoms with Gasteiger partial charge < -0.3 is 9.80 Å². The van der Waals surface area contributed by atoms with Crippen molar-refractivity contribution in [2.75, 3.05) is 31.1 Å². The zero-order valence-corrected chi connectivity index (χ0v) is 14.3. The molecule has 0 spiro atoms. The second-order valence-electron chi connectivity index (χ2n) is 6.87. The molecule has 4 rings (SSSR count). The van der Waals surface area contributed by atoms with Gasteiger partial charge in [-0.05, 0) is 43.2 Å². The second kappa shape index (κ2) is 6.86. The van der Waals surface area contributed by atoms with Crippen molar-refractivity contribution >= 4 is 11.6 Å². The van der Waals surface area contributed by atoms with E-state index in [2.05, 4.69) is 10.00 Å². The molecule has 2 fully saturated rings. The molecule has 0 unspecified atom stereocenters. The minimum Gasteiger partial charge on any atom is -0.368 e. The fraction of sp³-hybridized carbons (Fsp3) is 0.474. The summed E-state index contributed by atoms with van der Waals surface area (Å²) in [6.07, 6.45) is 6.76. The molecule has 1 aromatic heterocycles. The standard InChI is InChI=1S/C19H23FN4O/c20-15-5-7-16(8-6-15)22-11-13-23(14-12-22)19(25)18-9-10-24(21-18)17-3-1-2-4-17/h5-10,17H,1-4,11-14H2. The van der Waals surface area contributed by atoms with Gasteiger partial charge in [-0.15, -0.1) is 0 Å². The van der Waals surface area contributed by atoms with Gasteiger partial charge >= 0.3 is 0 Å². The van der Waals surface area contributed by atoms with Crippen LogP contribution in [0.5, 0.6) is 0 Å². The van der Waals surface area contributed by atoms with Gasteiger partial charge in [0.2, 0.25) is 0 Å². The lowest BCUT2D eigenvalue weighted by molar-refractivity contribution is 0.0739. The van der Waals surface area contributed by atoms with Gasteiger partial charge in [0, 0.05) is 38.1 Å². The highest BCUT2D eigenvalue weighted by Gasteiger charge is 2.25. The Hall–Kier alpha value is -2.37. The Morgan fingerprint density at radius 2 is 1.68 bits per heavy atom. The van der Waals surface area contributed by atoms with Gasteiger partial charge in [0.15, 0.2) is 0 Å². The Bertz CT molecular complexity index is 728. The first-order valence-electron chi connectivity index (χ1n) is 9.06. The van der Waals surface area contributed by atoms with E-state index in [-0.39, 0.29) is 11.7 Å². The van der Waals surface area contributed by atoms with Crippen LogP contribution in [0, 0.1) is 5.82 Å². The number of hydrogen-bond acceptors (Lipinski definition) is 3. The monoisotopic (exact) mass is 342 g/mol. The fourth-order valence-corrected chi connectivity index (χ4v) is 3.81. The molecule has 1 aliphatic heterocycles. The lowest BCUT2D eigenvalue weighted by Gasteiger charge is -2.35. The van der Waals surface area contributed by atoms with E-state index in [1.165, 1.54) is 25.0 Å². The van der Waals surface area contributed by atoms with Crippen molar-refractivity contribution in [3.05, 3.63) is 48.0 Å². The van der Waals surface area contributed by atoms with Crippen LogP contribution in [0.2, 0.25) is 0 Å². The molecule has 0 bridgehead atoms. The van der Waals surface area contributed by atoms with Crippen LogP contribution in [0.25, 0.3) is 0 Å². The van der Waals surface area contributed by atoms with Crippen LogP contribution in [0.1, 0.15) is 42.2 Å². The maximum Gasteiger partial charge on any atom is 0.274 e. The molecule has 6 heteroatoms. The Morgan fingerprint density at radius 3 is 2.36 bits per heavy atom. The van der Waals surface area contributed by atoms with Crippen molar-refractivity contribution in [3.8, 4) is 0 Å². The smallest absolute Gasteiger partial charge is 0.274 e. The molecule has 0 N–H and O–H groups in total. The highest BCUT2D eigenvalue weighted by molar-refractivity contribution is 5.92. The predicted molar refractivity (Wildman–Crippen MR) is 94.2 cm³/mol. The summed E-state index contributed by atoms with van der Waals surface area (Å²) < 4.78 is 15.0. The number of anilines is 1. The van der Waals surface area contributed by atoms with Crippen molar-refractivity contribution in [1.29, 1.82) is 0 Å². The molecule has 5 nitrogen and oxygen atoms in total. The molecule has 2 aliphatic rings. The minimum absolute atomic E-state index is 0.00973. The maximum absolute atomic E-state index is 13.0. The van der Waals surface area contributed by atoms with Crippen molar-refractivity contribution in [1.82, 2.24) is 14.7 Å². The average Bonchev–Trinajstić information content (AvgIpc) is 3.33. The minimum atomic E-state index is -0.226. The molecule has 0 radical (unpaired) electrons. The van der Waals surface area contributed by atoms with Crippen molar-refractivity contribution in [2.24, 2.45) is 0 Å². The normalized spacial score (nSPS) is 18.8. The number of halogens is 1. The lowest BCUT2D eigenvalue weighted by atomic mass is 10.2. The van der Waals surface area contributed by atoms with E-state index < -0.39 is 0 Å². The van der Waals surface area contributed by atoms with E-state index in [4.69, 9.17) is 0 Å². The third-order valence-electron chi connectivity index (χ3n) is 5.28. The first kappa shape index (κ1) is 16.1. The van der Waals surface area contributed by atoms with Crippen LogP contribution in [0.3, 0.4) is 0 Å². The van der Waals surface area contributed by atoms with Crippen molar-refractivity contribution in [3.63, 3.8) is 0 Å². The average molecular weight is 342 g/mol. The van der Waals surface area contributed by atoms with Gasteiger partial charge in [0.25, 0.3) is 5.91 Å². The molecule has 1 aliphatic carbocycles. The number of nitrogens with zero attached hydrogens (tertiary/aromatic N) is 4. The summed E-state index contributed by atoms with van der Waals surface area (Å²) in [5, 5.41) is 4.52. The molecule has 0 atom stereocenters. The molecule has 25 heavy (non-hydrogen) atoms. The highest BCUT2D eigenvalue weighted by atomic mass is 19.1. The Balaban J connectivity index is 1.37. The summed E-state index contributed by atoms with van der Waals surface area (Å²) >= 11 is 0. The zero-order valence-electron chi connectivity index (χ0n) is 14.3. The number of amides is 1. The van der Waals surface area contributed by atoms with Crippen LogP contribution in [-0.2, 0) is 0 Å². The SMILES string of the molecule is O=C(c1ccn(C2CCCC2)n1)N1CCN(c2ccc(F)cc2)CC1. The summed E-state index contributed by atoms with van der Waals surface area (Å²) in [4.78, 5) is 16.7. The van der Waals surface area contributed by atoms with Crippen LogP contribution in [-0.4, -0.2) is 46.8 Å². The largest absolute Gasteiger partial charge is 0.368 e. The molecule has 1 saturated carbocycles. The van der Waals surface area contributed by atoms with Crippen molar-refractivity contribution in [2.45, 2.75) is 31.7 Å². The number of piperazine rings is 1. The summed E-state index contributed by atoms with van der Waals surface area (Å²) in [5.41, 5.74) is 1.54. The fourth-order valence-electron chi connectivity index (χ4n) is 3.81. The van der Waals surface area contributed by atoms with Crippen LogP contribution >= 0.6 is 0 Å². The summed E-state index contributed by atoms with van der Waals surface area (Å²) in [6.45, 7) is 2.82. The Labute approximate surface area is 147 Å². The number of carbonyl (C=O) groups excluding carboxylic acids is 1. The third kappa shape index (κ3) is 3.38. The van der Waals surface area contributed by atoms with E-state index in [0.29, 0.717) is 24.8 Å². The van der Waals surface area contributed by atoms with E-state index in [1.54, 1.807) is 12.1 Å². The highest BCUT2D eigenvalue weighted by Crippen LogP contribution is 2.28. The molecule has 1 amide bonds. The van der Waals surface area contributed by atoms with Crippen LogP contribution in [0.15, 0.2) is 36.5 Å². The summed E-state index contributed by atoms with van der Waals surface area (Å²) in [6, 6.07) is 8.82. The molecular weight excluding hydrogens is 319 g/mol. The summed E-state index contributed by atoms with van der Waals surface area (Å²) in [5.74, 6) is -0.217. The lowest BCUT2D eigenvalue weighted by Crippen LogP contribution is -2.48. The molecule has 1 aromatic carbocycles. The maximum atomic E-state index is 13.0. The topological polar surface area (TPSA) is 41.4 Å². The first-order valence-corrected chi connectivity index (χ1v) is 9.06. The molecule has 2 aromatic rings. The quantitative estimate of drug-likeness (QED) is 0.861. The number of rotatable bonds is 3. The van der Waals surface area contributed by atoms with E-state index in [0.717, 1.165) is 31.6 Å². The third-order valence-corrected chi connectivity index (χ3v) is 5.28. The van der Waals surface area contributed by atoms with E-state index >= 15 is 0 Å². The van der Waals surface area contributed by atoms with Crippen LogP contribution in [0.4, 0.5) is 10.1 Å². The Kier molecular flexibility index (Phi) is 4.42. The predicted octanol–water partition coefficient (Wildman–Crippen LogP) is 3.10.